The second-order valence-corrected chi connectivity index (χ2v) is 7.99. The van der Waals surface area contributed by atoms with Crippen molar-refractivity contribution in [1.82, 2.24) is 0 Å². The molecule has 0 saturated carbocycles. The molecule has 1 aromatic carbocycles. The molecule has 2 rings (SSSR count). The summed E-state index contributed by atoms with van der Waals surface area (Å²) in [5, 5.41) is -1.36. The summed E-state index contributed by atoms with van der Waals surface area (Å²) in [5.41, 5.74) is 0. The van der Waals surface area contributed by atoms with Gasteiger partial charge in [-0.3, -0.25) is 4.55 Å². The molecule has 5 nitrogen and oxygen atoms in total. The van der Waals surface area contributed by atoms with Gasteiger partial charge in [0.05, 0.1) is 10.2 Å². The van der Waals surface area contributed by atoms with E-state index in [2.05, 4.69) is 0 Å². The highest BCUT2D eigenvalue weighted by Gasteiger charge is 2.32. The van der Waals surface area contributed by atoms with Gasteiger partial charge in [0.25, 0.3) is 10.1 Å². The summed E-state index contributed by atoms with van der Waals surface area (Å²) in [6.45, 7) is 0. The van der Waals surface area contributed by atoms with E-state index in [9.17, 15) is 30.0 Å². The zero-order valence-corrected chi connectivity index (χ0v) is 12.3. The first kappa shape index (κ1) is 16.7. The lowest BCUT2D eigenvalue weighted by atomic mass is 10.2. The van der Waals surface area contributed by atoms with E-state index in [1.54, 1.807) is 0 Å². The van der Waals surface area contributed by atoms with E-state index < -0.39 is 52.5 Å². The predicted molar refractivity (Wildman–Crippen MR) is 70.7 cm³/mol. The van der Waals surface area contributed by atoms with Gasteiger partial charge in [0.15, 0.2) is 27.3 Å². The largest absolute Gasteiger partial charge is 0.294 e. The maximum absolute atomic E-state index is 13.6. The van der Waals surface area contributed by atoms with Gasteiger partial charge in [-0.25, -0.2) is 21.6 Å². The van der Waals surface area contributed by atoms with Gasteiger partial charge >= 0.3 is 0 Å². The van der Waals surface area contributed by atoms with Crippen LogP contribution in [0.15, 0.2) is 40.2 Å². The quantitative estimate of drug-likeness (QED) is 0.509. The highest BCUT2D eigenvalue weighted by molar-refractivity contribution is 7.92. The Hall–Kier alpha value is -1.65. The van der Waals surface area contributed by atoms with E-state index in [0.717, 1.165) is 18.2 Å². The van der Waals surface area contributed by atoms with E-state index in [1.165, 1.54) is 0 Å². The van der Waals surface area contributed by atoms with Gasteiger partial charge in [-0.15, -0.1) is 0 Å². The molecule has 1 aliphatic rings. The van der Waals surface area contributed by atoms with Gasteiger partial charge in [0.1, 0.15) is 4.90 Å². The number of halogens is 3. The first-order valence-corrected chi connectivity index (χ1v) is 8.77. The summed E-state index contributed by atoms with van der Waals surface area (Å²) in [7, 11) is -8.87. The van der Waals surface area contributed by atoms with E-state index in [1.807, 2.05) is 0 Å². The van der Waals surface area contributed by atoms with Crippen LogP contribution in [0.1, 0.15) is 6.42 Å². The van der Waals surface area contributed by atoms with Crippen molar-refractivity contribution in [2.45, 2.75) is 16.6 Å². The Morgan fingerprint density at radius 2 is 1.68 bits per heavy atom. The summed E-state index contributed by atoms with van der Waals surface area (Å²) in [4.78, 5) is -1.52. The van der Waals surface area contributed by atoms with E-state index in [-0.39, 0.29) is 6.42 Å². The first-order chi connectivity index (χ1) is 10.0. The molecule has 1 unspecified atom stereocenters. The fraction of sp³-hybridized carbons (Fsp3) is 0.167. The van der Waals surface area contributed by atoms with Crippen LogP contribution >= 0.6 is 0 Å². The molecule has 0 heterocycles. The number of allylic oxidation sites excluding steroid dienone is 2. The molecule has 0 radical (unpaired) electrons. The molecule has 1 aliphatic carbocycles. The Morgan fingerprint density at radius 1 is 1.05 bits per heavy atom. The van der Waals surface area contributed by atoms with E-state index in [4.69, 9.17) is 4.55 Å². The molecule has 1 N–H and O–H groups in total. The van der Waals surface area contributed by atoms with Crippen LogP contribution in [0.2, 0.25) is 0 Å². The predicted octanol–water partition coefficient (Wildman–Crippen LogP) is 1.98. The maximum Gasteiger partial charge on any atom is 0.294 e. The fourth-order valence-corrected chi connectivity index (χ4v) is 4.01. The number of sulfone groups is 1. The topological polar surface area (TPSA) is 88.5 Å². The zero-order valence-electron chi connectivity index (χ0n) is 10.7. The highest BCUT2D eigenvalue weighted by Crippen LogP contribution is 2.28. The molecule has 0 aliphatic heterocycles. The summed E-state index contributed by atoms with van der Waals surface area (Å²) in [6.07, 6.45) is 2.35. The molecule has 0 spiro atoms. The average molecular weight is 354 g/mol. The van der Waals surface area contributed by atoms with Gasteiger partial charge < -0.3 is 0 Å². The summed E-state index contributed by atoms with van der Waals surface area (Å²) in [5.74, 6) is -5.27. The highest BCUT2D eigenvalue weighted by atomic mass is 32.2. The van der Waals surface area contributed by atoms with Crippen molar-refractivity contribution in [3.05, 3.63) is 52.7 Å². The van der Waals surface area contributed by atoms with Crippen molar-refractivity contribution in [3.63, 3.8) is 0 Å². The summed E-state index contributed by atoms with van der Waals surface area (Å²) in [6, 6.07) is 1.08. The van der Waals surface area contributed by atoms with Crippen LogP contribution in [-0.4, -0.2) is 26.6 Å². The third kappa shape index (κ3) is 2.94. The normalized spacial score (nSPS) is 19.1. The molecule has 0 amide bonds. The van der Waals surface area contributed by atoms with Crippen LogP contribution in [0.25, 0.3) is 0 Å². The molecule has 1 aromatic rings. The van der Waals surface area contributed by atoms with Gasteiger partial charge in [-0.2, -0.15) is 8.42 Å². The summed E-state index contributed by atoms with van der Waals surface area (Å²) < 4.78 is 94.6. The monoisotopic (exact) mass is 354 g/mol. The molecule has 0 saturated heterocycles. The Kier molecular flexibility index (Phi) is 4.20. The Bertz CT molecular complexity index is 886. The van der Waals surface area contributed by atoms with Crippen molar-refractivity contribution in [2.24, 2.45) is 0 Å². The molecule has 0 bridgehead atoms. The number of benzene rings is 1. The molecule has 0 fully saturated rings. The Morgan fingerprint density at radius 3 is 2.18 bits per heavy atom. The van der Waals surface area contributed by atoms with Crippen LogP contribution in [0.4, 0.5) is 13.2 Å². The Labute approximate surface area is 124 Å². The maximum atomic E-state index is 13.6. The molecule has 22 heavy (non-hydrogen) atoms. The Balaban J connectivity index is 2.41. The lowest BCUT2D eigenvalue weighted by Crippen LogP contribution is -2.23. The van der Waals surface area contributed by atoms with E-state index >= 15 is 0 Å². The standard InChI is InChI=1S/C12H9F3O5S2/c13-9-5-6-10(12(15)11(9)14)21(16,17)7-1-3-8(4-2-7)22(18,19)20/h1,3-7H,2H2,(H,18,19,20). The number of hydrogen-bond acceptors (Lipinski definition) is 4. The van der Waals surface area contributed by atoms with Crippen molar-refractivity contribution in [1.29, 1.82) is 0 Å². The minimum atomic E-state index is -4.48. The van der Waals surface area contributed by atoms with Crippen LogP contribution in [0.5, 0.6) is 0 Å². The van der Waals surface area contributed by atoms with E-state index in [0.29, 0.717) is 12.1 Å². The third-order valence-electron chi connectivity index (χ3n) is 3.03. The fourth-order valence-electron chi connectivity index (χ4n) is 1.89. The number of rotatable bonds is 3. The van der Waals surface area contributed by atoms with Gasteiger partial charge in [-0.05, 0) is 24.6 Å². The zero-order chi connectivity index (χ0) is 16.7. The second-order valence-electron chi connectivity index (χ2n) is 4.43. The van der Waals surface area contributed by atoms with Crippen LogP contribution < -0.4 is 0 Å². The van der Waals surface area contributed by atoms with Crippen LogP contribution in [-0.2, 0) is 20.0 Å². The smallest absolute Gasteiger partial charge is 0.282 e. The molecule has 10 heteroatoms. The van der Waals surface area contributed by atoms with Crippen molar-refractivity contribution in [3.8, 4) is 0 Å². The SMILES string of the molecule is O=S(=O)(O)C1=CCC(S(=O)(=O)c2ccc(F)c(F)c2F)C=C1. The molecular weight excluding hydrogens is 345 g/mol. The van der Waals surface area contributed by atoms with Crippen molar-refractivity contribution in [2.75, 3.05) is 0 Å². The third-order valence-corrected chi connectivity index (χ3v) is 6.00. The van der Waals surface area contributed by atoms with Crippen molar-refractivity contribution < 1.29 is 34.6 Å². The minimum Gasteiger partial charge on any atom is -0.282 e. The van der Waals surface area contributed by atoms with Gasteiger partial charge in [0.2, 0.25) is 0 Å². The average Bonchev–Trinajstić information content (AvgIpc) is 2.44. The number of hydrogen-bond donors (Lipinski definition) is 1. The molecule has 0 aromatic heterocycles. The lowest BCUT2D eigenvalue weighted by molar-refractivity contribution is 0.432. The molecule has 1 atom stereocenters. The van der Waals surface area contributed by atoms with Crippen LogP contribution in [0.3, 0.4) is 0 Å². The molecular formula is C12H9F3O5S2. The van der Waals surface area contributed by atoms with Gasteiger partial charge in [-0.1, -0.05) is 12.2 Å². The second kappa shape index (κ2) is 5.52. The van der Waals surface area contributed by atoms with Gasteiger partial charge in [0, 0.05) is 0 Å². The molecule has 120 valence electrons. The first-order valence-electron chi connectivity index (χ1n) is 5.78. The lowest BCUT2D eigenvalue weighted by Gasteiger charge is -2.16. The minimum absolute atomic E-state index is 0.369. The summed E-state index contributed by atoms with van der Waals surface area (Å²) >= 11 is 0. The van der Waals surface area contributed by atoms with Crippen LogP contribution in [0, 0.1) is 17.5 Å². The van der Waals surface area contributed by atoms with Crippen molar-refractivity contribution >= 4 is 20.0 Å².